The van der Waals surface area contributed by atoms with Gasteiger partial charge in [-0.2, -0.15) is 0 Å². The highest BCUT2D eigenvalue weighted by Crippen LogP contribution is 2.15. The van der Waals surface area contributed by atoms with Crippen molar-refractivity contribution in [3.63, 3.8) is 0 Å². The summed E-state index contributed by atoms with van der Waals surface area (Å²) in [4.78, 5) is 20.8. The van der Waals surface area contributed by atoms with E-state index in [4.69, 9.17) is 5.11 Å². The first-order chi connectivity index (χ1) is 14.9. The van der Waals surface area contributed by atoms with E-state index < -0.39 is 5.97 Å². The lowest BCUT2D eigenvalue weighted by Crippen LogP contribution is -2.03. The highest BCUT2D eigenvalue weighted by atomic mass is 16.5. The summed E-state index contributed by atoms with van der Waals surface area (Å²) < 4.78 is 4.66. The number of rotatable bonds is 20. The van der Waals surface area contributed by atoms with E-state index in [0.717, 1.165) is 12.8 Å². The lowest BCUT2D eigenvalue weighted by Gasteiger charge is -2.04. The predicted octanol–water partition coefficient (Wildman–Crippen LogP) is 8.40. The number of methoxy groups -OCH3 is 1. The zero-order chi connectivity index (χ0) is 23.7. The summed E-state index contributed by atoms with van der Waals surface area (Å²) in [6.07, 6.45) is 24.2. The highest BCUT2D eigenvalue weighted by Gasteiger charge is 2.05. The maximum atomic E-state index is 11.2. The lowest BCUT2D eigenvalue weighted by molar-refractivity contribution is -0.136. The molecule has 4 nitrogen and oxygen atoms in total. The van der Waals surface area contributed by atoms with Gasteiger partial charge in [0.25, 0.3) is 0 Å². The summed E-state index contributed by atoms with van der Waals surface area (Å²) in [6.45, 7) is 10.6. The zero-order valence-electron chi connectivity index (χ0n) is 20.8. The molecule has 0 aliphatic rings. The van der Waals surface area contributed by atoms with E-state index in [1.165, 1.54) is 117 Å². The SMILES string of the molecule is C=C(C)C(=O)O.C=C(CCCCCCCCCCCCCCCCCCC)C(=O)OC. The summed E-state index contributed by atoms with van der Waals surface area (Å²) >= 11 is 0. The third-order valence-corrected chi connectivity index (χ3v) is 5.42. The quantitative estimate of drug-likeness (QED) is 0.118. The van der Waals surface area contributed by atoms with Gasteiger partial charge in [-0.05, 0) is 19.8 Å². The molecule has 0 aromatic rings. The number of hydrogen-bond donors (Lipinski definition) is 1. The minimum Gasteiger partial charge on any atom is -0.478 e. The van der Waals surface area contributed by atoms with Crippen LogP contribution in [0.3, 0.4) is 0 Å². The number of unbranched alkanes of at least 4 members (excludes halogenated alkanes) is 16. The Morgan fingerprint density at radius 1 is 0.677 bits per heavy atom. The van der Waals surface area contributed by atoms with E-state index >= 15 is 0 Å². The van der Waals surface area contributed by atoms with Crippen LogP contribution in [-0.2, 0) is 14.3 Å². The number of carboxylic acid groups (broad SMARTS) is 1. The van der Waals surface area contributed by atoms with Crippen molar-refractivity contribution in [3.05, 3.63) is 24.3 Å². The summed E-state index contributed by atoms with van der Waals surface area (Å²) in [7, 11) is 1.42. The van der Waals surface area contributed by atoms with Crippen molar-refractivity contribution < 1.29 is 19.4 Å². The Kier molecular flexibility index (Phi) is 25.2. The largest absolute Gasteiger partial charge is 0.478 e. The number of aliphatic carboxylic acids is 1. The van der Waals surface area contributed by atoms with E-state index in [9.17, 15) is 9.59 Å². The Balaban J connectivity index is 0. The average molecular weight is 439 g/mol. The summed E-state index contributed by atoms with van der Waals surface area (Å²) in [5.74, 6) is -1.19. The van der Waals surface area contributed by atoms with Crippen molar-refractivity contribution in [3.8, 4) is 0 Å². The Labute approximate surface area is 192 Å². The van der Waals surface area contributed by atoms with Gasteiger partial charge >= 0.3 is 11.9 Å². The van der Waals surface area contributed by atoms with E-state index in [1.54, 1.807) is 0 Å². The van der Waals surface area contributed by atoms with Gasteiger partial charge in [0.05, 0.1) is 7.11 Å². The van der Waals surface area contributed by atoms with E-state index in [1.807, 2.05) is 0 Å². The van der Waals surface area contributed by atoms with Gasteiger partial charge in [-0.25, -0.2) is 9.59 Å². The number of carboxylic acids is 1. The molecule has 0 radical (unpaired) electrons. The molecule has 0 saturated heterocycles. The molecule has 0 saturated carbocycles. The molecule has 0 amide bonds. The molecule has 0 fully saturated rings. The van der Waals surface area contributed by atoms with Crippen LogP contribution in [0.5, 0.6) is 0 Å². The first-order valence-corrected chi connectivity index (χ1v) is 12.5. The number of carbonyl (C=O) groups excluding carboxylic acids is 1. The molecule has 4 heteroatoms. The molecule has 0 heterocycles. The van der Waals surface area contributed by atoms with E-state index in [-0.39, 0.29) is 11.5 Å². The van der Waals surface area contributed by atoms with Crippen LogP contribution in [0.4, 0.5) is 0 Å². The van der Waals surface area contributed by atoms with Crippen molar-refractivity contribution in [2.45, 2.75) is 129 Å². The molecule has 0 spiro atoms. The van der Waals surface area contributed by atoms with Gasteiger partial charge in [-0.3, -0.25) is 0 Å². The van der Waals surface area contributed by atoms with Crippen LogP contribution in [0, 0.1) is 0 Å². The third kappa shape index (κ3) is 26.4. The minimum atomic E-state index is -0.935. The predicted molar refractivity (Wildman–Crippen MR) is 132 cm³/mol. The molecular weight excluding hydrogens is 388 g/mol. The van der Waals surface area contributed by atoms with Gasteiger partial charge in [0, 0.05) is 11.1 Å². The first kappa shape index (κ1) is 31.6. The van der Waals surface area contributed by atoms with Crippen LogP contribution in [0.2, 0.25) is 0 Å². The van der Waals surface area contributed by atoms with Crippen molar-refractivity contribution >= 4 is 11.9 Å². The normalized spacial score (nSPS) is 10.2. The maximum absolute atomic E-state index is 11.2. The molecule has 31 heavy (non-hydrogen) atoms. The molecule has 0 aliphatic heterocycles. The van der Waals surface area contributed by atoms with E-state index in [2.05, 4.69) is 24.8 Å². The Bertz CT molecular complexity index is 456. The summed E-state index contributed by atoms with van der Waals surface area (Å²) in [5, 5.41) is 7.89. The monoisotopic (exact) mass is 438 g/mol. The van der Waals surface area contributed by atoms with Crippen molar-refractivity contribution in [2.75, 3.05) is 7.11 Å². The summed E-state index contributed by atoms with van der Waals surface area (Å²) in [5.41, 5.74) is 0.790. The number of esters is 1. The van der Waals surface area contributed by atoms with Gasteiger partial charge in [0.2, 0.25) is 0 Å². The van der Waals surface area contributed by atoms with Crippen molar-refractivity contribution in [2.24, 2.45) is 0 Å². The summed E-state index contributed by atoms with van der Waals surface area (Å²) in [6, 6.07) is 0. The van der Waals surface area contributed by atoms with Gasteiger partial charge < -0.3 is 9.84 Å². The van der Waals surface area contributed by atoms with Crippen molar-refractivity contribution in [1.29, 1.82) is 0 Å². The topological polar surface area (TPSA) is 63.6 Å². The maximum Gasteiger partial charge on any atom is 0.333 e. The molecule has 0 bridgehead atoms. The smallest absolute Gasteiger partial charge is 0.333 e. The number of hydrogen-bond acceptors (Lipinski definition) is 3. The molecule has 182 valence electrons. The molecule has 0 aromatic carbocycles. The van der Waals surface area contributed by atoms with Gasteiger partial charge in [0.15, 0.2) is 0 Å². The third-order valence-electron chi connectivity index (χ3n) is 5.42. The molecule has 0 aliphatic carbocycles. The van der Waals surface area contributed by atoms with Crippen LogP contribution in [0.15, 0.2) is 24.3 Å². The van der Waals surface area contributed by atoms with Crippen LogP contribution in [0.25, 0.3) is 0 Å². The van der Waals surface area contributed by atoms with Gasteiger partial charge in [-0.15, -0.1) is 0 Å². The Morgan fingerprint density at radius 3 is 1.23 bits per heavy atom. The molecule has 0 atom stereocenters. The number of carbonyl (C=O) groups is 2. The second-order valence-electron chi connectivity index (χ2n) is 8.59. The van der Waals surface area contributed by atoms with Crippen LogP contribution in [-0.4, -0.2) is 24.2 Å². The minimum absolute atomic E-state index is 0.176. The van der Waals surface area contributed by atoms with Crippen molar-refractivity contribution in [1.82, 2.24) is 0 Å². The highest BCUT2D eigenvalue weighted by molar-refractivity contribution is 5.87. The Hall–Kier alpha value is -1.58. The van der Waals surface area contributed by atoms with Crippen LogP contribution in [0.1, 0.15) is 129 Å². The fourth-order valence-corrected chi connectivity index (χ4v) is 3.31. The molecule has 1 N–H and O–H groups in total. The first-order valence-electron chi connectivity index (χ1n) is 12.5. The molecule has 0 aromatic heterocycles. The zero-order valence-corrected chi connectivity index (χ0v) is 20.8. The van der Waals surface area contributed by atoms with Gasteiger partial charge in [-0.1, -0.05) is 123 Å². The molecular formula is C27H50O4. The lowest BCUT2D eigenvalue weighted by atomic mass is 10.0. The second kappa shape index (κ2) is 24.7. The second-order valence-corrected chi connectivity index (χ2v) is 8.59. The van der Waals surface area contributed by atoms with Gasteiger partial charge in [0.1, 0.15) is 0 Å². The Morgan fingerprint density at radius 2 is 0.968 bits per heavy atom. The van der Waals surface area contributed by atoms with Crippen LogP contribution >= 0.6 is 0 Å². The number of ether oxygens (including phenoxy) is 1. The van der Waals surface area contributed by atoms with Crippen LogP contribution < -0.4 is 0 Å². The van der Waals surface area contributed by atoms with E-state index in [0.29, 0.717) is 5.57 Å². The standard InChI is InChI=1S/C23H44O2.C4H6O2/c1-4-5-6-7-8-9-10-11-12-13-14-15-16-17-18-19-20-21-22(2)23(24)25-3;1-3(2)4(5)6/h2,4-21H2,1,3H3;1H2,2H3,(H,5,6). The average Bonchev–Trinajstić information content (AvgIpc) is 2.75. The fraction of sp³-hybridized carbons (Fsp3) is 0.778. The molecule has 0 rings (SSSR count). The molecule has 0 unspecified atom stereocenters. The fourth-order valence-electron chi connectivity index (χ4n) is 3.31.